The van der Waals surface area contributed by atoms with Gasteiger partial charge in [0.1, 0.15) is 11.9 Å². The van der Waals surface area contributed by atoms with Gasteiger partial charge in [-0.3, -0.25) is 10.1 Å². The van der Waals surface area contributed by atoms with Crippen LogP contribution in [0.25, 0.3) is 0 Å². The maximum atomic E-state index is 11.8. The minimum atomic E-state index is -0.879. The number of aromatic nitrogens is 2. The van der Waals surface area contributed by atoms with Crippen LogP contribution in [0.5, 0.6) is 0 Å². The maximum Gasteiger partial charge on any atom is 0.321 e. The SMILES string of the molecule is CCCCc1ncc(CNC(Cc2ccccc2)C(=O)O)n1Cc1ccccc1C#N. The molecule has 2 aromatic carbocycles. The molecule has 0 aliphatic carbocycles. The summed E-state index contributed by atoms with van der Waals surface area (Å²) in [4.78, 5) is 16.4. The van der Waals surface area contributed by atoms with E-state index in [4.69, 9.17) is 0 Å². The van der Waals surface area contributed by atoms with Crippen LogP contribution < -0.4 is 5.32 Å². The van der Waals surface area contributed by atoms with E-state index in [2.05, 4.69) is 27.9 Å². The van der Waals surface area contributed by atoms with Crippen molar-refractivity contribution < 1.29 is 9.90 Å². The Balaban J connectivity index is 1.80. The molecule has 0 saturated heterocycles. The van der Waals surface area contributed by atoms with E-state index in [0.29, 0.717) is 25.1 Å². The first-order valence-electron chi connectivity index (χ1n) is 10.6. The van der Waals surface area contributed by atoms with Gasteiger partial charge in [0.25, 0.3) is 0 Å². The maximum absolute atomic E-state index is 11.8. The number of imidazole rings is 1. The van der Waals surface area contributed by atoms with E-state index in [0.717, 1.165) is 41.9 Å². The standard InChI is InChI=1S/C25H28N4O2/c1-2-3-13-24-28-17-22(29(24)18-21-12-8-7-11-20(21)15-26)16-27-23(25(30)31)14-19-9-5-4-6-10-19/h4-12,17,23,27H,2-3,13-14,16,18H2,1H3,(H,30,31). The molecule has 1 unspecified atom stereocenters. The van der Waals surface area contributed by atoms with Gasteiger partial charge in [-0.1, -0.05) is 61.9 Å². The van der Waals surface area contributed by atoms with Gasteiger partial charge in [-0.25, -0.2) is 4.98 Å². The lowest BCUT2D eigenvalue weighted by atomic mass is 10.1. The topological polar surface area (TPSA) is 90.9 Å². The van der Waals surface area contributed by atoms with E-state index < -0.39 is 12.0 Å². The molecule has 0 spiro atoms. The number of carboxylic acids is 1. The van der Waals surface area contributed by atoms with Crippen LogP contribution in [0.1, 0.15) is 48.0 Å². The number of nitrogens with one attached hydrogen (secondary N) is 1. The number of benzene rings is 2. The molecule has 3 rings (SSSR count). The normalized spacial score (nSPS) is 11.7. The van der Waals surface area contributed by atoms with Gasteiger partial charge < -0.3 is 9.67 Å². The molecule has 0 saturated carbocycles. The number of nitriles is 1. The number of unbranched alkanes of at least 4 members (excludes halogenated alkanes) is 1. The molecular formula is C25H28N4O2. The van der Waals surface area contributed by atoms with Gasteiger partial charge in [0, 0.05) is 19.2 Å². The summed E-state index contributed by atoms with van der Waals surface area (Å²) in [7, 11) is 0. The Morgan fingerprint density at radius 3 is 2.65 bits per heavy atom. The highest BCUT2D eigenvalue weighted by molar-refractivity contribution is 5.73. The number of rotatable bonds is 11. The van der Waals surface area contributed by atoms with Crippen molar-refractivity contribution in [2.45, 2.75) is 51.7 Å². The minimum absolute atomic E-state index is 0.387. The third-order valence-electron chi connectivity index (χ3n) is 5.35. The molecule has 2 N–H and O–H groups in total. The van der Waals surface area contributed by atoms with Crippen molar-refractivity contribution in [3.05, 3.63) is 89.0 Å². The average molecular weight is 417 g/mol. The molecule has 1 heterocycles. The van der Waals surface area contributed by atoms with Crippen molar-refractivity contribution in [1.82, 2.24) is 14.9 Å². The Morgan fingerprint density at radius 2 is 1.94 bits per heavy atom. The van der Waals surface area contributed by atoms with E-state index in [-0.39, 0.29) is 0 Å². The monoisotopic (exact) mass is 416 g/mol. The number of carboxylic acid groups (broad SMARTS) is 1. The molecule has 0 bridgehead atoms. The Labute approximate surface area is 183 Å². The number of aliphatic carboxylic acids is 1. The highest BCUT2D eigenvalue weighted by atomic mass is 16.4. The van der Waals surface area contributed by atoms with Crippen molar-refractivity contribution in [1.29, 1.82) is 5.26 Å². The average Bonchev–Trinajstić information content (AvgIpc) is 3.17. The van der Waals surface area contributed by atoms with Crippen LogP contribution in [0, 0.1) is 11.3 Å². The molecule has 160 valence electrons. The summed E-state index contributed by atoms with van der Waals surface area (Å²) in [6.45, 7) is 3.07. The van der Waals surface area contributed by atoms with Gasteiger partial charge in [-0.2, -0.15) is 5.26 Å². The van der Waals surface area contributed by atoms with E-state index in [9.17, 15) is 15.2 Å². The Kier molecular flexibility index (Phi) is 7.97. The lowest BCUT2D eigenvalue weighted by Gasteiger charge is -2.17. The van der Waals surface area contributed by atoms with Gasteiger partial charge >= 0.3 is 5.97 Å². The summed E-state index contributed by atoms with van der Waals surface area (Å²) < 4.78 is 2.11. The molecule has 0 radical (unpaired) electrons. The second kappa shape index (κ2) is 11.1. The van der Waals surface area contributed by atoms with Crippen LogP contribution in [0.3, 0.4) is 0 Å². The van der Waals surface area contributed by atoms with E-state index in [1.54, 1.807) is 0 Å². The highest BCUT2D eigenvalue weighted by Crippen LogP contribution is 2.16. The van der Waals surface area contributed by atoms with Crippen molar-refractivity contribution in [3.8, 4) is 6.07 Å². The first kappa shape index (κ1) is 22.3. The lowest BCUT2D eigenvalue weighted by Crippen LogP contribution is -2.38. The Bertz CT molecular complexity index is 1040. The summed E-state index contributed by atoms with van der Waals surface area (Å²) in [6.07, 6.45) is 5.15. The van der Waals surface area contributed by atoms with Crippen molar-refractivity contribution >= 4 is 5.97 Å². The molecule has 0 fully saturated rings. The predicted octanol–water partition coefficient (Wildman–Crippen LogP) is 3.93. The molecule has 6 nitrogen and oxygen atoms in total. The fraction of sp³-hybridized carbons (Fsp3) is 0.320. The fourth-order valence-corrected chi connectivity index (χ4v) is 3.58. The molecule has 0 aliphatic rings. The second-order valence-corrected chi connectivity index (χ2v) is 7.59. The Morgan fingerprint density at radius 1 is 1.19 bits per heavy atom. The number of nitrogens with zero attached hydrogens (tertiary/aromatic N) is 3. The van der Waals surface area contributed by atoms with E-state index >= 15 is 0 Å². The number of carbonyl (C=O) groups is 1. The number of aryl methyl sites for hydroxylation is 1. The number of hydrogen-bond acceptors (Lipinski definition) is 4. The third kappa shape index (κ3) is 6.03. The Hall–Kier alpha value is -3.43. The molecule has 1 aromatic heterocycles. The predicted molar refractivity (Wildman–Crippen MR) is 120 cm³/mol. The van der Waals surface area contributed by atoms with Gasteiger partial charge in [-0.05, 0) is 30.0 Å². The van der Waals surface area contributed by atoms with Crippen molar-refractivity contribution in [2.24, 2.45) is 0 Å². The minimum Gasteiger partial charge on any atom is -0.480 e. The quantitative estimate of drug-likeness (QED) is 0.494. The van der Waals surface area contributed by atoms with Crippen LogP contribution in [-0.2, 0) is 30.7 Å². The van der Waals surface area contributed by atoms with Gasteiger partial charge in [0.15, 0.2) is 0 Å². The van der Waals surface area contributed by atoms with Crippen LogP contribution in [0.2, 0.25) is 0 Å². The van der Waals surface area contributed by atoms with Gasteiger partial charge in [0.05, 0.1) is 23.9 Å². The van der Waals surface area contributed by atoms with Crippen molar-refractivity contribution in [2.75, 3.05) is 0 Å². The summed E-state index contributed by atoms with van der Waals surface area (Å²) in [6, 6.07) is 18.7. The summed E-state index contributed by atoms with van der Waals surface area (Å²) in [5, 5.41) is 22.3. The summed E-state index contributed by atoms with van der Waals surface area (Å²) in [5.74, 6) is 0.0808. The second-order valence-electron chi connectivity index (χ2n) is 7.59. The first-order chi connectivity index (χ1) is 15.1. The van der Waals surface area contributed by atoms with E-state index in [1.165, 1.54) is 0 Å². The zero-order valence-corrected chi connectivity index (χ0v) is 17.8. The van der Waals surface area contributed by atoms with Crippen LogP contribution in [0.4, 0.5) is 0 Å². The molecule has 31 heavy (non-hydrogen) atoms. The third-order valence-corrected chi connectivity index (χ3v) is 5.35. The largest absolute Gasteiger partial charge is 0.480 e. The molecule has 3 aromatic rings. The molecule has 1 atom stereocenters. The van der Waals surface area contributed by atoms with Crippen LogP contribution in [0.15, 0.2) is 60.8 Å². The zero-order valence-electron chi connectivity index (χ0n) is 17.8. The molecule has 6 heteroatoms. The summed E-state index contributed by atoms with van der Waals surface area (Å²) >= 11 is 0. The first-order valence-corrected chi connectivity index (χ1v) is 10.6. The van der Waals surface area contributed by atoms with E-state index in [1.807, 2.05) is 60.8 Å². The lowest BCUT2D eigenvalue weighted by molar-refractivity contribution is -0.139. The van der Waals surface area contributed by atoms with Gasteiger partial charge in [-0.15, -0.1) is 0 Å². The summed E-state index contributed by atoms with van der Waals surface area (Å²) in [5.41, 5.74) is 3.46. The fourth-order valence-electron chi connectivity index (χ4n) is 3.58. The van der Waals surface area contributed by atoms with Crippen molar-refractivity contribution in [3.63, 3.8) is 0 Å². The van der Waals surface area contributed by atoms with Gasteiger partial charge in [0.2, 0.25) is 0 Å². The molecule has 0 aliphatic heterocycles. The number of hydrogen-bond donors (Lipinski definition) is 2. The smallest absolute Gasteiger partial charge is 0.321 e. The zero-order chi connectivity index (χ0) is 22.1. The van der Waals surface area contributed by atoms with Crippen LogP contribution in [-0.4, -0.2) is 26.7 Å². The van der Waals surface area contributed by atoms with Crippen LogP contribution >= 0.6 is 0 Å². The highest BCUT2D eigenvalue weighted by Gasteiger charge is 2.19. The molecular weight excluding hydrogens is 388 g/mol. The molecule has 0 amide bonds.